The predicted octanol–water partition coefficient (Wildman–Crippen LogP) is 4.35. The molecule has 3 aromatic heterocycles. The topological polar surface area (TPSA) is 86.8 Å². The second-order valence-corrected chi connectivity index (χ2v) is 7.48. The number of hydrogen-bond donors (Lipinski definition) is 2. The molecule has 0 fully saturated rings. The fraction of sp³-hybridized carbons (Fsp3) is 0.400. The molecule has 1 atom stereocenters. The third kappa shape index (κ3) is 5.63. The molecule has 11 heteroatoms. The summed E-state index contributed by atoms with van der Waals surface area (Å²) in [5.41, 5.74) is 1.30. The Hall–Kier alpha value is -2.88. The highest BCUT2D eigenvalue weighted by Gasteiger charge is 2.30. The number of alkyl halides is 3. The highest BCUT2D eigenvalue weighted by atomic mass is 35.5. The van der Waals surface area contributed by atoms with Gasteiger partial charge in [-0.25, -0.2) is 15.0 Å². The Morgan fingerprint density at radius 2 is 2.13 bits per heavy atom. The van der Waals surface area contributed by atoms with Crippen molar-refractivity contribution in [3.63, 3.8) is 0 Å². The number of pyridine rings is 1. The molecule has 0 aliphatic carbocycles. The van der Waals surface area contributed by atoms with Crippen molar-refractivity contribution in [1.82, 2.24) is 25.3 Å². The molecule has 0 radical (unpaired) electrons. The number of aromatic nitrogens is 4. The van der Waals surface area contributed by atoms with Crippen LogP contribution in [-0.4, -0.2) is 51.2 Å². The normalized spacial score (nSPS) is 12.7. The number of nitrogens with one attached hydrogen (secondary N) is 2. The zero-order valence-corrected chi connectivity index (χ0v) is 17.8. The summed E-state index contributed by atoms with van der Waals surface area (Å²) in [6.45, 7) is 2.62. The van der Waals surface area contributed by atoms with Crippen LogP contribution in [-0.2, 0) is 4.79 Å². The van der Waals surface area contributed by atoms with Gasteiger partial charge in [-0.3, -0.25) is 4.79 Å². The number of aromatic amines is 1. The van der Waals surface area contributed by atoms with Crippen molar-refractivity contribution in [3.8, 4) is 11.4 Å². The molecule has 31 heavy (non-hydrogen) atoms. The van der Waals surface area contributed by atoms with Gasteiger partial charge < -0.3 is 15.2 Å². The number of unbranched alkanes of at least 4 members (excludes halogenated alkanes) is 1. The van der Waals surface area contributed by atoms with Crippen molar-refractivity contribution in [2.45, 2.75) is 38.9 Å². The average Bonchev–Trinajstić information content (AvgIpc) is 3.15. The fourth-order valence-corrected chi connectivity index (χ4v) is 3.27. The van der Waals surface area contributed by atoms with Crippen LogP contribution in [0.15, 0.2) is 30.7 Å². The highest BCUT2D eigenvalue weighted by molar-refractivity contribution is 6.31. The summed E-state index contributed by atoms with van der Waals surface area (Å²) in [5, 5.41) is 3.14. The maximum atomic E-state index is 12.5. The molecule has 166 valence electrons. The van der Waals surface area contributed by atoms with Gasteiger partial charge in [0.1, 0.15) is 24.1 Å². The molecule has 1 amide bonds. The largest absolute Gasteiger partial charge is 0.405 e. The van der Waals surface area contributed by atoms with E-state index in [4.69, 9.17) is 11.6 Å². The summed E-state index contributed by atoms with van der Waals surface area (Å²) >= 11 is 6.06. The van der Waals surface area contributed by atoms with Gasteiger partial charge in [-0.05, 0) is 25.5 Å². The zero-order valence-electron chi connectivity index (χ0n) is 17.0. The number of carbonyl (C=O) groups is 1. The lowest BCUT2D eigenvalue weighted by Gasteiger charge is -2.29. The van der Waals surface area contributed by atoms with E-state index in [1.54, 1.807) is 36.4 Å². The van der Waals surface area contributed by atoms with Gasteiger partial charge in [-0.15, -0.1) is 0 Å². The molecule has 3 heterocycles. The molecule has 7 nitrogen and oxygen atoms in total. The minimum absolute atomic E-state index is 0.386. The quantitative estimate of drug-likeness (QED) is 0.528. The maximum absolute atomic E-state index is 12.5. The minimum Gasteiger partial charge on any atom is -0.345 e. The fourth-order valence-electron chi connectivity index (χ4n) is 3.11. The molecule has 0 unspecified atom stereocenters. The minimum atomic E-state index is -4.48. The number of H-pyrrole nitrogens is 1. The van der Waals surface area contributed by atoms with E-state index in [0.717, 1.165) is 18.2 Å². The Balaban J connectivity index is 1.91. The van der Waals surface area contributed by atoms with Crippen LogP contribution in [0.4, 0.5) is 19.0 Å². The van der Waals surface area contributed by atoms with Gasteiger partial charge in [0.25, 0.3) is 0 Å². The van der Waals surface area contributed by atoms with Gasteiger partial charge in [0.2, 0.25) is 5.91 Å². The van der Waals surface area contributed by atoms with Gasteiger partial charge >= 0.3 is 6.18 Å². The smallest absolute Gasteiger partial charge is 0.345 e. The van der Waals surface area contributed by atoms with Crippen LogP contribution in [0.25, 0.3) is 22.4 Å². The maximum Gasteiger partial charge on any atom is 0.405 e. The Bertz CT molecular complexity index is 1050. The molecule has 3 aromatic rings. The number of hydrogen-bond acceptors (Lipinski definition) is 5. The van der Waals surface area contributed by atoms with E-state index in [2.05, 4.69) is 19.9 Å². The number of halogens is 4. The van der Waals surface area contributed by atoms with Crippen molar-refractivity contribution in [1.29, 1.82) is 0 Å². The standard InChI is InChI=1S/C20H22ClF3N6O/c1-3-4-7-30(12(2)19(31)28-11-20(22,23)24)16-5-6-25-18(29-16)15-10-27-17-14(15)8-13(21)9-26-17/h5-6,8-10,12H,3-4,7,11H2,1-2H3,(H,26,27)(H,28,31)/t12-/m1/s1. The zero-order chi connectivity index (χ0) is 22.6. The van der Waals surface area contributed by atoms with Crippen molar-refractivity contribution in [2.75, 3.05) is 18.0 Å². The number of anilines is 1. The number of amides is 1. The lowest BCUT2D eigenvalue weighted by atomic mass is 10.2. The third-order valence-corrected chi connectivity index (χ3v) is 4.94. The number of nitrogens with zero attached hydrogens (tertiary/aromatic N) is 4. The van der Waals surface area contributed by atoms with Crippen molar-refractivity contribution in [2.24, 2.45) is 0 Å². The first-order valence-corrected chi connectivity index (χ1v) is 10.1. The molecule has 0 saturated heterocycles. The van der Waals surface area contributed by atoms with Crippen molar-refractivity contribution >= 4 is 34.4 Å². The summed E-state index contributed by atoms with van der Waals surface area (Å²) in [5.74, 6) is 0.103. The third-order valence-electron chi connectivity index (χ3n) is 4.74. The van der Waals surface area contributed by atoms with Gasteiger partial charge in [-0.2, -0.15) is 13.2 Å². The molecule has 0 bridgehead atoms. The number of rotatable bonds is 8. The predicted molar refractivity (Wildman–Crippen MR) is 113 cm³/mol. The lowest BCUT2D eigenvalue weighted by molar-refractivity contribution is -0.139. The van der Waals surface area contributed by atoms with E-state index in [-0.39, 0.29) is 0 Å². The van der Waals surface area contributed by atoms with Crippen LogP contribution in [0, 0.1) is 0 Å². The Kier molecular flexibility index (Phi) is 6.99. The first kappa shape index (κ1) is 22.8. The summed E-state index contributed by atoms with van der Waals surface area (Å²) in [7, 11) is 0. The monoisotopic (exact) mass is 454 g/mol. The van der Waals surface area contributed by atoms with E-state index in [1.807, 2.05) is 12.2 Å². The summed E-state index contributed by atoms with van der Waals surface area (Å²) in [6, 6.07) is 2.52. The van der Waals surface area contributed by atoms with E-state index < -0.39 is 24.7 Å². The number of carbonyl (C=O) groups excluding carboxylic acids is 1. The molecule has 0 aliphatic rings. The van der Waals surface area contributed by atoms with Crippen molar-refractivity contribution in [3.05, 3.63) is 35.7 Å². The molecular weight excluding hydrogens is 433 g/mol. The first-order chi connectivity index (χ1) is 14.7. The van der Waals surface area contributed by atoms with E-state index in [9.17, 15) is 18.0 Å². The van der Waals surface area contributed by atoms with Crippen LogP contribution in [0.2, 0.25) is 5.02 Å². The van der Waals surface area contributed by atoms with Crippen LogP contribution >= 0.6 is 11.6 Å². The number of fused-ring (bicyclic) bond motifs is 1. The lowest BCUT2D eigenvalue weighted by Crippen LogP contribution is -2.48. The molecule has 3 rings (SSSR count). The Morgan fingerprint density at radius 3 is 2.84 bits per heavy atom. The second-order valence-electron chi connectivity index (χ2n) is 7.05. The van der Waals surface area contributed by atoms with Gasteiger partial charge in [-0.1, -0.05) is 24.9 Å². The summed E-state index contributed by atoms with van der Waals surface area (Å²) < 4.78 is 37.5. The molecule has 0 aliphatic heterocycles. The molecule has 0 aromatic carbocycles. The SMILES string of the molecule is CCCCN(c1ccnc(-c2c[nH]c3ncc(Cl)cc23)n1)[C@H](C)C(=O)NCC(F)(F)F. The van der Waals surface area contributed by atoms with Crippen LogP contribution in [0.5, 0.6) is 0 Å². The molecule has 0 saturated carbocycles. The summed E-state index contributed by atoms with van der Waals surface area (Å²) in [6.07, 6.45) is 1.89. The molecule has 2 N–H and O–H groups in total. The van der Waals surface area contributed by atoms with Crippen molar-refractivity contribution < 1.29 is 18.0 Å². The molecule has 0 spiro atoms. The molecular formula is C20H22ClF3N6O. The average molecular weight is 455 g/mol. The highest BCUT2D eigenvalue weighted by Crippen LogP contribution is 2.28. The van der Waals surface area contributed by atoms with E-state index in [1.165, 1.54) is 6.20 Å². The van der Waals surface area contributed by atoms with Gasteiger partial charge in [0.15, 0.2) is 5.82 Å². The van der Waals surface area contributed by atoms with Crippen LogP contribution in [0.3, 0.4) is 0 Å². The Labute approximate surface area is 182 Å². The Morgan fingerprint density at radius 1 is 1.35 bits per heavy atom. The second kappa shape index (κ2) is 9.51. The van der Waals surface area contributed by atoms with Gasteiger partial charge in [0.05, 0.1) is 5.02 Å². The van der Waals surface area contributed by atoms with Crippen LogP contribution < -0.4 is 10.2 Å². The first-order valence-electron chi connectivity index (χ1n) is 9.76. The van der Waals surface area contributed by atoms with Gasteiger partial charge in [0, 0.05) is 36.1 Å². The van der Waals surface area contributed by atoms with Crippen LogP contribution in [0.1, 0.15) is 26.7 Å². The van der Waals surface area contributed by atoms with E-state index >= 15 is 0 Å². The van der Waals surface area contributed by atoms with E-state index in [0.29, 0.717) is 34.4 Å². The summed E-state index contributed by atoms with van der Waals surface area (Å²) in [4.78, 5) is 30.2.